The Hall–Kier alpha value is -1.12. The van der Waals surface area contributed by atoms with Crippen LogP contribution in [0.15, 0.2) is 28.0 Å². The average molecular weight is 318 g/mol. The second kappa shape index (κ2) is 5.34. The summed E-state index contributed by atoms with van der Waals surface area (Å²) in [4.78, 5) is 0.0519. The number of rotatable bonds is 3. The molecule has 1 aliphatic heterocycles. The Bertz CT molecular complexity index is 705. The molecule has 3 N–H and O–H groups in total. The molecule has 6 nitrogen and oxygen atoms in total. The van der Waals surface area contributed by atoms with Gasteiger partial charge in [-0.25, -0.2) is 16.8 Å². The van der Waals surface area contributed by atoms with Crippen molar-refractivity contribution in [3.63, 3.8) is 0 Å². The van der Waals surface area contributed by atoms with E-state index in [1.165, 1.54) is 18.2 Å². The maximum Gasteiger partial charge on any atom is 0.183 e. The molecule has 0 saturated carbocycles. The molecule has 1 saturated heterocycles. The number of nitrogen functional groups attached to an aromatic ring is 1. The minimum Gasteiger partial charge on any atom is -0.398 e. The SMILES string of the molecule is CS(=O)(=O)c1ccc(S(=O)(=O)C2CCNCC2)c(N)c1. The Morgan fingerprint density at radius 2 is 1.75 bits per heavy atom. The summed E-state index contributed by atoms with van der Waals surface area (Å²) in [6.45, 7) is 1.32. The van der Waals surface area contributed by atoms with Crippen LogP contribution in [0, 0.1) is 0 Å². The predicted octanol–water partition coefficient (Wildman–Crippen LogP) is 0.198. The molecular weight excluding hydrogens is 300 g/mol. The highest BCUT2D eigenvalue weighted by Crippen LogP contribution is 2.28. The summed E-state index contributed by atoms with van der Waals surface area (Å²) in [5.74, 6) is 0. The van der Waals surface area contributed by atoms with Gasteiger partial charge in [0.1, 0.15) is 0 Å². The van der Waals surface area contributed by atoms with Gasteiger partial charge in [-0.15, -0.1) is 0 Å². The Kier molecular flexibility index (Phi) is 4.08. The van der Waals surface area contributed by atoms with Crippen molar-refractivity contribution in [3.8, 4) is 0 Å². The van der Waals surface area contributed by atoms with E-state index >= 15 is 0 Å². The zero-order valence-corrected chi connectivity index (χ0v) is 12.8. The third kappa shape index (κ3) is 2.97. The van der Waals surface area contributed by atoms with Crippen molar-refractivity contribution in [1.82, 2.24) is 5.32 Å². The van der Waals surface area contributed by atoms with E-state index in [1.807, 2.05) is 0 Å². The van der Waals surface area contributed by atoms with Gasteiger partial charge in [-0.05, 0) is 44.1 Å². The molecule has 1 aromatic rings. The zero-order valence-electron chi connectivity index (χ0n) is 11.2. The first-order chi connectivity index (χ1) is 9.23. The molecule has 0 atom stereocenters. The lowest BCUT2D eigenvalue weighted by Crippen LogP contribution is -2.36. The second-order valence-electron chi connectivity index (χ2n) is 4.97. The summed E-state index contributed by atoms with van der Waals surface area (Å²) >= 11 is 0. The van der Waals surface area contributed by atoms with Crippen molar-refractivity contribution < 1.29 is 16.8 Å². The van der Waals surface area contributed by atoms with Gasteiger partial charge in [0.2, 0.25) is 0 Å². The maximum absolute atomic E-state index is 12.5. The van der Waals surface area contributed by atoms with Crippen LogP contribution in [0.5, 0.6) is 0 Å². The Morgan fingerprint density at radius 1 is 1.15 bits per heavy atom. The lowest BCUT2D eigenvalue weighted by atomic mass is 10.2. The highest BCUT2D eigenvalue weighted by Gasteiger charge is 2.30. The second-order valence-corrected chi connectivity index (χ2v) is 9.18. The van der Waals surface area contributed by atoms with Crippen LogP contribution in [-0.4, -0.2) is 41.4 Å². The van der Waals surface area contributed by atoms with Crippen LogP contribution in [-0.2, 0) is 19.7 Å². The van der Waals surface area contributed by atoms with Crippen molar-refractivity contribution in [2.24, 2.45) is 0 Å². The summed E-state index contributed by atoms with van der Waals surface area (Å²) in [6, 6.07) is 3.80. The van der Waals surface area contributed by atoms with Gasteiger partial charge in [0, 0.05) is 6.26 Å². The van der Waals surface area contributed by atoms with Crippen molar-refractivity contribution >= 4 is 25.4 Å². The summed E-state index contributed by atoms with van der Waals surface area (Å²) in [5, 5.41) is 2.64. The van der Waals surface area contributed by atoms with Gasteiger partial charge >= 0.3 is 0 Å². The number of nitrogens with one attached hydrogen (secondary N) is 1. The van der Waals surface area contributed by atoms with Crippen LogP contribution in [0.2, 0.25) is 0 Å². The number of sulfone groups is 2. The van der Waals surface area contributed by atoms with Crippen LogP contribution in [0.3, 0.4) is 0 Å². The van der Waals surface area contributed by atoms with Gasteiger partial charge in [-0.3, -0.25) is 0 Å². The first kappa shape index (κ1) is 15.3. The molecule has 8 heteroatoms. The van der Waals surface area contributed by atoms with E-state index in [9.17, 15) is 16.8 Å². The number of hydrogen-bond acceptors (Lipinski definition) is 6. The third-order valence-electron chi connectivity index (χ3n) is 3.44. The fraction of sp³-hybridized carbons (Fsp3) is 0.500. The van der Waals surface area contributed by atoms with Crippen LogP contribution >= 0.6 is 0 Å². The molecule has 0 radical (unpaired) electrons. The first-order valence-electron chi connectivity index (χ1n) is 6.27. The van der Waals surface area contributed by atoms with Crippen LogP contribution in [0.4, 0.5) is 5.69 Å². The van der Waals surface area contributed by atoms with E-state index in [0.29, 0.717) is 25.9 Å². The molecule has 0 aromatic heterocycles. The molecule has 1 aliphatic rings. The molecule has 0 spiro atoms. The van der Waals surface area contributed by atoms with Crippen molar-refractivity contribution in [1.29, 1.82) is 0 Å². The number of benzene rings is 1. The normalized spacial score (nSPS) is 18.1. The van der Waals surface area contributed by atoms with E-state index in [-0.39, 0.29) is 15.5 Å². The first-order valence-corrected chi connectivity index (χ1v) is 9.71. The van der Waals surface area contributed by atoms with Gasteiger partial charge in [0.15, 0.2) is 19.7 Å². The molecule has 1 fully saturated rings. The lowest BCUT2D eigenvalue weighted by molar-refractivity contribution is 0.496. The third-order valence-corrected chi connectivity index (χ3v) is 6.89. The molecule has 1 heterocycles. The highest BCUT2D eigenvalue weighted by atomic mass is 32.2. The van der Waals surface area contributed by atoms with Crippen molar-refractivity contribution in [2.75, 3.05) is 25.1 Å². The quantitative estimate of drug-likeness (QED) is 0.771. The summed E-state index contributed by atoms with van der Waals surface area (Å²) in [6.07, 6.45) is 2.13. The van der Waals surface area contributed by atoms with Crippen LogP contribution in [0.25, 0.3) is 0 Å². The van der Waals surface area contributed by atoms with Gasteiger partial charge < -0.3 is 11.1 Å². The summed E-state index contributed by atoms with van der Waals surface area (Å²) in [7, 11) is -6.91. The largest absolute Gasteiger partial charge is 0.398 e. The molecule has 0 aliphatic carbocycles. The lowest BCUT2D eigenvalue weighted by Gasteiger charge is -2.23. The minimum absolute atomic E-state index is 0.00791. The topological polar surface area (TPSA) is 106 Å². The Morgan fingerprint density at radius 3 is 2.25 bits per heavy atom. The molecule has 0 bridgehead atoms. The Labute approximate surface area is 119 Å². The number of anilines is 1. The van der Waals surface area contributed by atoms with E-state index in [1.54, 1.807) is 0 Å². The fourth-order valence-corrected chi connectivity index (χ4v) is 4.82. The molecule has 0 unspecified atom stereocenters. The fourth-order valence-electron chi connectivity index (χ4n) is 2.30. The van der Waals surface area contributed by atoms with Crippen LogP contribution in [0.1, 0.15) is 12.8 Å². The monoisotopic (exact) mass is 318 g/mol. The van der Waals surface area contributed by atoms with Gasteiger partial charge in [0.05, 0.1) is 20.7 Å². The standard InChI is InChI=1S/C12H18N2O4S2/c1-19(15,16)10-2-3-12(11(13)8-10)20(17,18)9-4-6-14-7-5-9/h2-3,8-9,14H,4-7,13H2,1H3. The Balaban J connectivity index is 2.42. The summed E-state index contributed by atoms with van der Waals surface area (Å²) in [5.41, 5.74) is 5.74. The smallest absolute Gasteiger partial charge is 0.183 e. The number of piperidine rings is 1. The van der Waals surface area contributed by atoms with Crippen molar-refractivity contribution in [3.05, 3.63) is 18.2 Å². The van der Waals surface area contributed by atoms with E-state index in [2.05, 4.69) is 5.32 Å². The molecule has 112 valence electrons. The zero-order chi connectivity index (χ0) is 15.0. The number of hydrogen-bond donors (Lipinski definition) is 2. The predicted molar refractivity (Wildman–Crippen MR) is 77.0 cm³/mol. The molecule has 0 amide bonds. The van der Waals surface area contributed by atoms with Crippen molar-refractivity contribution in [2.45, 2.75) is 27.9 Å². The van der Waals surface area contributed by atoms with E-state index in [4.69, 9.17) is 5.73 Å². The van der Waals surface area contributed by atoms with Gasteiger partial charge in [-0.1, -0.05) is 0 Å². The van der Waals surface area contributed by atoms with E-state index in [0.717, 1.165) is 6.26 Å². The molecule has 1 aromatic carbocycles. The minimum atomic E-state index is -3.51. The molecule has 20 heavy (non-hydrogen) atoms. The molecular formula is C12H18N2O4S2. The maximum atomic E-state index is 12.5. The van der Waals surface area contributed by atoms with E-state index < -0.39 is 24.9 Å². The van der Waals surface area contributed by atoms with Gasteiger partial charge in [0.25, 0.3) is 0 Å². The molecule has 2 rings (SSSR count). The van der Waals surface area contributed by atoms with Gasteiger partial charge in [-0.2, -0.15) is 0 Å². The van der Waals surface area contributed by atoms with Crippen LogP contribution < -0.4 is 11.1 Å². The summed E-state index contributed by atoms with van der Waals surface area (Å²) < 4.78 is 47.9. The average Bonchev–Trinajstić information content (AvgIpc) is 2.38. The highest BCUT2D eigenvalue weighted by molar-refractivity contribution is 7.92. The number of nitrogens with two attached hydrogens (primary N) is 1.